The molecule has 20 heavy (non-hydrogen) atoms. The van der Waals surface area contributed by atoms with E-state index in [1.165, 1.54) is 7.11 Å². The fourth-order valence-corrected chi connectivity index (χ4v) is 2.94. The number of amides is 1. The topological polar surface area (TPSA) is 55.4 Å². The molecule has 0 saturated heterocycles. The summed E-state index contributed by atoms with van der Waals surface area (Å²) in [7, 11) is 1.42. The van der Waals surface area contributed by atoms with Crippen LogP contribution >= 0.6 is 15.9 Å². The second-order valence-corrected chi connectivity index (χ2v) is 5.97. The third-order valence-corrected chi connectivity index (χ3v) is 4.18. The molecule has 108 valence electrons. The molecule has 5 heteroatoms. The summed E-state index contributed by atoms with van der Waals surface area (Å²) in [6.07, 6.45) is 3.19. The van der Waals surface area contributed by atoms with Crippen LogP contribution < -0.4 is 5.32 Å². The highest BCUT2D eigenvalue weighted by Crippen LogP contribution is 2.25. The van der Waals surface area contributed by atoms with Crippen LogP contribution in [-0.2, 0) is 9.53 Å². The number of hydrogen-bond donors (Lipinski definition) is 1. The Hall–Kier alpha value is -1.36. The molecule has 1 N–H and O–H groups in total. The Balaban J connectivity index is 1.86. The molecule has 4 nitrogen and oxygen atoms in total. The van der Waals surface area contributed by atoms with E-state index in [1.807, 2.05) is 12.1 Å². The predicted octanol–water partition coefficient (Wildman–Crippen LogP) is 2.91. The van der Waals surface area contributed by atoms with Gasteiger partial charge < -0.3 is 10.1 Å². The van der Waals surface area contributed by atoms with Gasteiger partial charge in [0.05, 0.1) is 13.0 Å². The SMILES string of the molecule is COC(=O)C1CCC(NC(=O)c2cccc(Br)c2)CC1. The molecule has 0 aromatic heterocycles. The molecule has 0 atom stereocenters. The normalized spacial score (nSPS) is 22.1. The highest BCUT2D eigenvalue weighted by Gasteiger charge is 2.27. The molecule has 0 heterocycles. The van der Waals surface area contributed by atoms with Crippen molar-refractivity contribution >= 4 is 27.8 Å². The number of halogens is 1. The number of ether oxygens (including phenoxy) is 1. The second kappa shape index (κ2) is 6.88. The first-order chi connectivity index (χ1) is 9.60. The van der Waals surface area contributed by atoms with E-state index in [1.54, 1.807) is 12.1 Å². The van der Waals surface area contributed by atoms with Gasteiger partial charge in [0.25, 0.3) is 5.91 Å². The third-order valence-electron chi connectivity index (χ3n) is 3.68. The maximum atomic E-state index is 12.1. The molecule has 1 aromatic carbocycles. The van der Waals surface area contributed by atoms with Crippen LogP contribution in [0.4, 0.5) is 0 Å². The van der Waals surface area contributed by atoms with Crippen LogP contribution in [0.3, 0.4) is 0 Å². The molecule has 1 aromatic rings. The first-order valence-electron chi connectivity index (χ1n) is 6.74. The van der Waals surface area contributed by atoms with E-state index in [4.69, 9.17) is 4.74 Å². The molecule has 1 saturated carbocycles. The fraction of sp³-hybridized carbons (Fsp3) is 0.467. The van der Waals surface area contributed by atoms with Gasteiger partial charge in [-0.05, 0) is 43.9 Å². The minimum absolute atomic E-state index is 0.0148. The van der Waals surface area contributed by atoms with Crippen molar-refractivity contribution in [1.82, 2.24) is 5.32 Å². The van der Waals surface area contributed by atoms with Gasteiger partial charge in [0.1, 0.15) is 0 Å². The Bertz CT molecular complexity index is 496. The van der Waals surface area contributed by atoms with Gasteiger partial charge in [0, 0.05) is 16.1 Å². The molecule has 0 unspecified atom stereocenters. The van der Waals surface area contributed by atoms with E-state index in [0.29, 0.717) is 5.56 Å². The monoisotopic (exact) mass is 339 g/mol. The highest BCUT2D eigenvalue weighted by molar-refractivity contribution is 9.10. The molecular weight excluding hydrogens is 322 g/mol. The molecule has 2 rings (SSSR count). The van der Waals surface area contributed by atoms with Gasteiger partial charge in [-0.1, -0.05) is 22.0 Å². The van der Waals surface area contributed by atoms with Gasteiger partial charge in [-0.2, -0.15) is 0 Å². The van der Waals surface area contributed by atoms with Gasteiger partial charge in [-0.3, -0.25) is 9.59 Å². The lowest BCUT2D eigenvalue weighted by molar-refractivity contribution is -0.146. The molecule has 0 bridgehead atoms. The Morgan fingerprint density at radius 2 is 1.95 bits per heavy atom. The summed E-state index contributed by atoms with van der Waals surface area (Å²) in [4.78, 5) is 23.6. The number of carbonyl (C=O) groups is 2. The van der Waals surface area contributed by atoms with Crippen molar-refractivity contribution in [3.05, 3.63) is 34.3 Å². The van der Waals surface area contributed by atoms with E-state index in [2.05, 4.69) is 21.2 Å². The zero-order valence-electron chi connectivity index (χ0n) is 11.4. The van der Waals surface area contributed by atoms with Gasteiger partial charge in [0.15, 0.2) is 0 Å². The molecule has 0 aliphatic heterocycles. The van der Waals surface area contributed by atoms with Crippen molar-refractivity contribution in [3.8, 4) is 0 Å². The summed E-state index contributed by atoms with van der Waals surface area (Å²) in [6.45, 7) is 0. The average Bonchev–Trinajstić information content (AvgIpc) is 2.47. The van der Waals surface area contributed by atoms with Crippen molar-refractivity contribution < 1.29 is 14.3 Å². The van der Waals surface area contributed by atoms with Crippen molar-refractivity contribution in [2.75, 3.05) is 7.11 Å². The van der Waals surface area contributed by atoms with Crippen LogP contribution in [0.15, 0.2) is 28.7 Å². The standard InChI is InChI=1S/C15H18BrNO3/c1-20-15(19)10-5-7-13(8-6-10)17-14(18)11-3-2-4-12(16)9-11/h2-4,9-10,13H,5-8H2,1H3,(H,17,18). The van der Waals surface area contributed by atoms with Crippen molar-refractivity contribution in [3.63, 3.8) is 0 Å². The van der Waals surface area contributed by atoms with Crippen molar-refractivity contribution in [2.24, 2.45) is 5.92 Å². The largest absolute Gasteiger partial charge is 0.469 e. The summed E-state index contributed by atoms with van der Waals surface area (Å²) < 4.78 is 5.65. The molecule has 1 aliphatic carbocycles. The van der Waals surface area contributed by atoms with Crippen LogP contribution in [-0.4, -0.2) is 25.0 Å². The Morgan fingerprint density at radius 3 is 2.55 bits per heavy atom. The first-order valence-corrected chi connectivity index (χ1v) is 7.53. The second-order valence-electron chi connectivity index (χ2n) is 5.06. The van der Waals surface area contributed by atoms with Gasteiger partial charge >= 0.3 is 5.97 Å². The Morgan fingerprint density at radius 1 is 1.25 bits per heavy atom. The van der Waals surface area contributed by atoms with Crippen LogP contribution in [0.25, 0.3) is 0 Å². The van der Waals surface area contributed by atoms with Crippen LogP contribution in [0.5, 0.6) is 0 Å². The summed E-state index contributed by atoms with van der Waals surface area (Å²) >= 11 is 3.36. The maximum Gasteiger partial charge on any atom is 0.308 e. The lowest BCUT2D eigenvalue weighted by Crippen LogP contribution is -2.38. The zero-order chi connectivity index (χ0) is 14.5. The third kappa shape index (κ3) is 3.82. The summed E-state index contributed by atoms with van der Waals surface area (Å²) in [5.41, 5.74) is 0.648. The summed E-state index contributed by atoms with van der Waals surface area (Å²) in [5.74, 6) is -0.214. The van der Waals surface area contributed by atoms with E-state index in [0.717, 1.165) is 30.2 Å². The van der Waals surface area contributed by atoms with Gasteiger partial charge in [-0.25, -0.2) is 0 Å². The first kappa shape index (κ1) is 15.0. The number of hydrogen-bond acceptors (Lipinski definition) is 3. The van der Waals surface area contributed by atoms with Crippen LogP contribution in [0.1, 0.15) is 36.0 Å². The minimum Gasteiger partial charge on any atom is -0.469 e. The highest BCUT2D eigenvalue weighted by atomic mass is 79.9. The Kier molecular flexibility index (Phi) is 5.17. The van der Waals surface area contributed by atoms with Gasteiger partial charge in [-0.15, -0.1) is 0 Å². The van der Waals surface area contributed by atoms with E-state index < -0.39 is 0 Å². The van der Waals surface area contributed by atoms with E-state index >= 15 is 0 Å². The van der Waals surface area contributed by atoms with Crippen molar-refractivity contribution in [2.45, 2.75) is 31.7 Å². The molecule has 1 aliphatic rings. The number of carbonyl (C=O) groups excluding carboxylic acids is 2. The maximum absolute atomic E-state index is 12.1. The predicted molar refractivity (Wildman–Crippen MR) is 79.4 cm³/mol. The smallest absolute Gasteiger partial charge is 0.308 e. The fourth-order valence-electron chi connectivity index (χ4n) is 2.54. The summed E-state index contributed by atoms with van der Waals surface area (Å²) in [6, 6.07) is 7.46. The lowest BCUT2D eigenvalue weighted by atomic mass is 9.86. The quantitative estimate of drug-likeness (QED) is 0.861. The lowest BCUT2D eigenvalue weighted by Gasteiger charge is -2.27. The van der Waals surface area contributed by atoms with E-state index in [9.17, 15) is 9.59 Å². The average molecular weight is 340 g/mol. The molecule has 1 amide bonds. The summed E-state index contributed by atoms with van der Waals surface area (Å²) in [5, 5.41) is 3.03. The number of methoxy groups -OCH3 is 1. The van der Waals surface area contributed by atoms with E-state index in [-0.39, 0.29) is 23.8 Å². The van der Waals surface area contributed by atoms with Gasteiger partial charge in [0.2, 0.25) is 0 Å². The number of rotatable bonds is 3. The number of nitrogens with one attached hydrogen (secondary N) is 1. The zero-order valence-corrected chi connectivity index (χ0v) is 13.0. The molecule has 0 radical (unpaired) electrons. The number of benzene rings is 1. The van der Waals surface area contributed by atoms with Crippen LogP contribution in [0, 0.1) is 5.92 Å². The molecule has 1 fully saturated rings. The Labute approximate surface area is 127 Å². The number of esters is 1. The molecular formula is C15H18BrNO3. The van der Waals surface area contributed by atoms with Crippen LogP contribution in [0.2, 0.25) is 0 Å². The minimum atomic E-state index is -0.137. The van der Waals surface area contributed by atoms with Crippen molar-refractivity contribution in [1.29, 1.82) is 0 Å². The molecule has 0 spiro atoms.